The lowest BCUT2D eigenvalue weighted by molar-refractivity contribution is 0.104. The van der Waals surface area contributed by atoms with E-state index in [-0.39, 0.29) is 5.78 Å². The predicted octanol–water partition coefficient (Wildman–Crippen LogP) is 3.88. The third-order valence-corrected chi connectivity index (χ3v) is 4.36. The summed E-state index contributed by atoms with van der Waals surface area (Å²) in [5.74, 6) is 0.845. The molecule has 0 fully saturated rings. The maximum Gasteiger partial charge on any atom is 0.195 e. The van der Waals surface area contributed by atoms with Crippen molar-refractivity contribution in [2.24, 2.45) is 0 Å². The fraction of sp³-hybridized carbons (Fsp3) is 0.286. The molecule has 0 spiro atoms. The van der Waals surface area contributed by atoms with Gasteiger partial charge in [0.1, 0.15) is 5.75 Å². The van der Waals surface area contributed by atoms with Gasteiger partial charge in [-0.1, -0.05) is 49.4 Å². The summed E-state index contributed by atoms with van der Waals surface area (Å²) in [5.41, 5.74) is 2.42. The van der Waals surface area contributed by atoms with Crippen LogP contribution < -0.4 is 10.1 Å². The Bertz CT molecular complexity index is 853. The topological polar surface area (TPSA) is 43.3 Å². The summed E-state index contributed by atoms with van der Waals surface area (Å²) in [6.45, 7) is 4.86. The summed E-state index contributed by atoms with van der Waals surface area (Å²) < 4.78 is 7.69. The Balaban J connectivity index is 2.02. The van der Waals surface area contributed by atoms with E-state index in [1.807, 2.05) is 54.7 Å². The summed E-state index contributed by atoms with van der Waals surface area (Å²) in [4.78, 5) is 13.0. The van der Waals surface area contributed by atoms with Crippen LogP contribution in [0, 0.1) is 0 Å². The summed E-state index contributed by atoms with van der Waals surface area (Å²) in [6.07, 6.45) is 2.96. The number of nitrogens with zero attached hydrogens (tertiary/aromatic N) is 1. The van der Waals surface area contributed by atoms with Gasteiger partial charge in [0.2, 0.25) is 0 Å². The van der Waals surface area contributed by atoms with Crippen molar-refractivity contribution in [1.29, 1.82) is 0 Å². The quantitative estimate of drug-likeness (QED) is 0.501. The van der Waals surface area contributed by atoms with Gasteiger partial charge < -0.3 is 14.6 Å². The van der Waals surface area contributed by atoms with Crippen molar-refractivity contribution >= 4 is 16.7 Å². The van der Waals surface area contributed by atoms with Crippen molar-refractivity contribution in [2.75, 3.05) is 20.2 Å². The van der Waals surface area contributed by atoms with E-state index in [4.69, 9.17) is 4.74 Å². The Morgan fingerprint density at radius 3 is 2.64 bits per heavy atom. The lowest BCUT2D eigenvalue weighted by atomic mass is 10.0. The summed E-state index contributed by atoms with van der Waals surface area (Å²) in [6, 6.07) is 15.3. The fourth-order valence-corrected chi connectivity index (χ4v) is 3.14. The molecule has 1 heterocycles. The number of ketones is 1. The lowest BCUT2D eigenvalue weighted by Gasteiger charge is -2.09. The third kappa shape index (κ3) is 3.59. The molecule has 0 bridgehead atoms. The highest BCUT2D eigenvalue weighted by molar-refractivity contribution is 6.17. The van der Waals surface area contributed by atoms with Crippen molar-refractivity contribution < 1.29 is 9.53 Å². The van der Waals surface area contributed by atoms with Crippen LogP contribution in [-0.2, 0) is 6.54 Å². The minimum Gasteiger partial charge on any atom is -0.495 e. The summed E-state index contributed by atoms with van der Waals surface area (Å²) >= 11 is 0. The number of fused-ring (bicyclic) bond motifs is 1. The molecule has 0 aliphatic carbocycles. The standard InChI is InChI=1S/C21H24N2O2/c1-3-22-13-8-14-23-15-18(21(24)16-9-5-4-6-10-16)17-11-7-12-19(25-2)20(17)23/h4-7,9-12,15,22H,3,8,13-14H2,1-2H3. The van der Waals surface area contributed by atoms with Gasteiger partial charge in [0.05, 0.1) is 12.6 Å². The van der Waals surface area contributed by atoms with Crippen LogP contribution in [0.5, 0.6) is 5.75 Å². The average Bonchev–Trinajstić information content (AvgIpc) is 3.04. The minimum absolute atomic E-state index is 0.0456. The van der Waals surface area contributed by atoms with Crippen molar-refractivity contribution in [3.05, 3.63) is 65.9 Å². The first-order valence-corrected chi connectivity index (χ1v) is 8.72. The largest absolute Gasteiger partial charge is 0.495 e. The minimum atomic E-state index is 0.0456. The number of hydrogen-bond donors (Lipinski definition) is 1. The molecular formula is C21H24N2O2. The first-order chi connectivity index (χ1) is 12.3. The highest BCUT2D eigenvalue weighted by atomic mass is 16.5. The van der Waals surface area contributed by atoms with E-state index < -0.39 is 0 Å². The molecule has 0 saturated heterocycles. The van der Waals surface area contributed by atoms with Crippen LogP contribution in [0.15, 0.2) is 54.7 Å². The van der Waals surface area contributed by atoms with Crippen LogP contribution in [0.25, 0.3) is 10.9 Å². The number of carbonyl (C=O) groups is 1. The molecule has 2 aromatic carbocycles. The summed E-state index contributed by atoms with van der Waals surface area (Å²) in [5, 5.41) is 4.28. The number of carbonyl (C=O) groups excluding carboxylic acids is 1. The SMILES string of the molecule is CCNCCCn1cc(C(=O)c2ccccc2)c2cccc(OC)c21. The van der Waals surface area contributed by atoms with Gasteiger partial charge in [-0.3, -0.25) is 4.79 Å². The van der Waals surface area contributed by atoms with Gasteiger partial charge in [-0.25, -0.2) is 0 Å². The molecule has 3 rings (SSSR count). The van der Waals surface area contributed by atoms with E-state index in [9.17, 15) is 4.79 Å². The van der Waals surface area contributed by atoms with Gasteiger partial charge in [-0.05, 0) is 25.6 Å². The van der Waals surface area contributed by atoms with Gasteiger partial charge >= 0.3 is 0 Å². The molecule has 0 radical (unpaired) electrons. The van der Waals surface area contributed by atoms with Gasteiger partial charge in [0.15, 0.2) is 5.78 Å². The van der Waals surface area contributed by atoms with E-state index in [0.29, 0.717) is 5.56 Å². The molecule has 4 heteroatoms. The molecule has 130 valence electrons. The maximum absolute atomic E-state index is 13.0. The number of aromatic nitrogens is 1. The van der Waals surface area contributed by atoms with Crippen LogP contribution in [0.1, 0.15) is 29.3 Å². The number of nitrogens with one attached hydrogen (secondary N) is 1. The van der Waals surface area contributed by atoms with E-state index >= 15 is 0 Å². The fourth-order valence-electron chi connectivity index (χ4n) is 3.14. The van der Waals surface area contributed by atoms with Crippen LogP contribution in [0.3, 0.4) is 0 Å². The monoisotopic (exact) mass is 336 g/mol. The number of ether oxygens (including phenoxy) is 1. The number of hydrogen-bond acceptors (Lipinski definition) is 3. The maximum atomic E-state index is 13.0. The second kappa shape index (κ2) is 7.99. The third-order valence-electron chi connectivity index (χ3n) is 4.36. The second-order valence-electron chi connectivity index (χ2n) is 5.99. The van der Waals surface area contributed by atoms with Crippen LogP contribution in [0.4, 0.5) is 0 Å². The van der Waals surface area contributed by atoms with E-state index in [0.717, 1.165) is 48.3 Å². The molecule has 1 aromatic heterocycles. The van der Waals surface area contributed by atoms with Gasteiger partial charge in [0, 0.05) is 29.3 Å². The van der Waals surface area contributed by atoms with Gasteiger partial charge in [-0.15, -0.1) is 0 Å². The zero-order valence-corrected chi connectivity index (χ0v) is 14.8. The van der Waals surface area contributed by atoms with E-state index in [1.54, 1.807) is 7.11 Å². The van der Waals surface area contributed by atoms with E-state index in [1.165, 1.54) is 0 Å². The zero-order valence-electron chi connectivity index (χ0n) is 14.8. The van der Waals surface area contributed by atoms with Crippen molar-refractivity contribution in [3.8, 4) is 5.75 Å². The molecule has 1 N–H and O–H groups in total. The predicted molar refractivity (Wildman–Crippen MR) is 102 cm³/mol. The van der Waals surface area contributed by atoms with Crippen LogP contribution in [-0.4, -0.2) is 30.5 Å². The summed E-state index contributed by atoms with van der Waals surface area (Å²) in [7, 11) is 1.67. The first kappa shape index (κ1) is 17.2. The van der Waals surface area contributed by atoms with Crippen LogP contribution >= 0.6 is 0 Å². The van der Waals surface area contributed by atoms with E-state index in [2.05, 4.69) is 16.8 Å². The highest BCUT2D eigenvalue weighted by Crippen LogP contribution is 2.31. The Morgan fingerprint density at radius 2 is 1.92 bits per heavy atom. The Morgan fingerprint density at radius 1 is 1.12 bits per heavy atom. The number of aryl methyl sites for hydroxylation is 1. The van der Waals surface area contributed by atoms with Crippen molar-refractivity contribution in [2.45, 2.75) is 19.9 Å². The van der Waals surface area contributed by atoms with Crippen molar-refractivity contribution in [1.82, 2.24) is 9.88 Å². The molecule has 0 amide bonds. The molecule has 0 aliphatic rings. The Labute approximate surface area is 148 Å². The number of benzene rings is 2. The number of methoxy groups -OCH3 is 1. The highest BCUT2D eigenvalue weighted by Gasteiger charge is 2.18. The molecule has 0 atom stereocenters. The van der Waals surface area contributed by atoms with Gasteiger partial charge in [0.25, 0.3) is 0 Å². The van der Waals surface area contributed by atoms with Gasteiger partial charge in [-0.2, -0.15) is 0 Å². The molecule has 25 heavy (non-hydrogen) atoms. The van der Waals surface area contributed by atoms with Crippen LogP contribution in [0.2, 0.25) is 0 Å². The molecule has 3 aromatic rings. The Hall–Kier alpha value is -2.59. The zero-order chi connectivity index (χ0) is 17.6. The first-order valence-electron chi connectivity index (χ1n) is 8.72. The smallest absolute Gasteiger partial charge is 0.195 e. The normalized spacial score (nSPS) is 11.0. The number of rotatable bonds is 8. The molecular weight excluding hydrogens is 312 g/mol. The molecule has 4 nitrogen and oxygen atoms in total. The second-order valence-corrected chi connectivity index (χ2v) is 5.99. The van der Waals surface area contributed by atoms with Crippen molar-refractivity contribution in [3.63, 3.8) is 0 Å². The lowest BCUT2D eigenvalue weighted by Crippen LogP contribution is -2.15. The molecule has 0 aliphatic heterocycles. The average molecular weight is 336 g/mol. The molecule has 0 saturated carbocycles. The Kier molecular flexibility index (Phi) is 5.51. The number of para-hydroxylation sites is 1. The molecule has 0 unspecified atom stereocenters.